The van der Waals surface area contributed by atoms with Gasteiger partial charge in [-0.1, -0.05) is 110 Å². The maximum absolute atomic E-state index is 14.2. The van der Waals surface area contributed by atoms with E-state index in [1.54, 1.807) is 7.11 Å². The summed E-state index contributed by atoms with van der Waals surface area (Å²) in [5, 5.41) is 0. The summed E-state index contributed by atoms with van der Waals surface area (Å²) >= 11 is 0. The van der Waals surface area contributed by atoms with Crippen molar-refractivity contribution >= 4 is 11.6 Å². The van der Waals surface area contributed by atoms with Crippen LogP contribution in [0.2, 0.25) is 0 Å². The van der Waals surface area contributed by atoms with Gasteiger partial charge in [-0.2, -0.15) is 0 Å². The van der Waals surface area contributed by atoms with Crippen molar-refractivity contribution in [2.75, 3.05) is 44.7 Å². The number of hydrogen-bond acceptors (Lipinski definition) is 4. The van der Waals surface area contributed by atoms with E-state index in [0.29, 0.717) is 12.5 Å². The molecule has 1 aliphatic carbocycles. The van der Waals surface area contributed by atoms with Gasteiger partial charge in [0.25, 0.3) is 5.91 Å². The highest BCUT2D eigenvalue weighted by atomic mass is 16.5. The first-order valence-corrected chi connectivity index (χ1v) is 16.8. The number of benzene rings is 4. The third-order valence-electron chi connectivity index (χ3n) is 9.75. The summed E-state index contributed by atoms with van der Waals surface area (Å²) in [6.45, 7) is 5.49. The Morgan fingerprint density at radius 1 is 0.778 bits per heavy atom. The lowest BCUT2D eigenvalue weighted by Crippen LogP contribution is -2.47. The first kappa shape index (κ1) is 30.9. The lowest BCUT2D eigenvalue weighted by molar-refractivity contribution is 0.0614. The molecule has 45 heavy (non-hydrogen) atoms. The van der Waals surface area contributed by atoms with Gasteiger partial charge in [0.15, 0.2) is 0 Å². The van der Waals surface area contributed by atoms with Crippen molar-refractivity contribution in [2.24, 2.45) is 0 Å². The van der Waals surface area contributed by atoms with Crippen molar-refractivity contribution in [1.29, 1.82) is 0 Å². The van der Waals surface area contributed by atoms with Crippen molar-refractivity contribution in [1.82, 2.24) is 9.80 Å². The Kier molecular flexibility index (Phi) is 10.5. The molecule has 0 spiro atoms. The minimum absolute atomic E-state index is 0.126. The van der Waals surface area contributed by atoms with E-state index >= 15 is 0 Å². The second-order valence-electron chi connectivity index (χ2n) is 12.6. The molecule has 1 heterocycles. The van der Waals surface area contributed by atoms with Crippen LogP contribution < -0.4 is 9.64 Å². The zero-order valence-corrected chi connectivity index (χ0v) is 26.7. The van der Waals surface area contributed by atoms with E-state index in [1.165, 1.54) is 36.0 Å². The second kappa shape index (κ2) is 15.3. The standard InChI is InChI=1S/C40H47N3O2/c1-45-39-23-22-35(40(44)43(36-20-12-5-13-21-36)31-32-14-6-2-7-15-32)30-38(39)42-28-26-41(27-29-42)25-24-37(33-16-8-3-9-17-33)34-18-10-4-11-19-34/h2-4,6-11,14-19,22-23,30,36-37H,5,12-13,20-21,24-29,31H2,1H3. The molecule has 1 saturated heterocycles. The maximum Gasteiger partial charge on any atom is 0.254 e. The van der Waals surface area contributed by atoms with Crippen LogP contribution in [0.25, 0.3) is 0 Å². The number of carbonyl (C=O) groups is 1. The van der Waals surface area contributed by atoms with Gasteiger partial charge in [0.1, 0.15) is 5.75 Å². The van der Waals surface area contributed by atoms with Gasteiger partial charge in [-0.3, -0.25) is 9.69 Å². The SMILES string of the molecule is COc1ccc(C(=O)N(Cc2ccccc2)C2CCCCC2)cc1N1CCN(CCC(c2ccccc2)c2ccccc2)CC1. The number of methoxy groups -OCH3 is 1. The van der Waals surface area contributed by atoms with Crippen LogP contribution in [0.5, 0.6) is 5.75 Å². The summed E-state index contributed by atoms with van der Waals surface area (Å²) in [4.78, 5) is 21.3. The molecule has 1 saturated carbocycles. The topological polar surface area (TPSA) is 36.0 Å². The molecule has 1 amide bonds. The molecule has 0 N–H and O–H groups in total. The van der Waals surface area contributed by atoms with Crippen molar-refractivity contribution in [3.8, 4) is 5.75 Å². The molecule has 5 nitrogen and oxygen atoms in total. The molecule has 2 fully saturated rings. The zero-order chi connectivity index (χ0) is 30.8. The largest absolute Gasteiger partial charge is 0.495 e. The van der Waals surface area contributed by atoms with Gasteiger partial charge in [-0.05, 0) is 60.7 Å². The van der Waals surface area contributed by atoms with E-state index in [2.05, 4.69) is 106 Å². The Hall–Kier alpha value is -4.09. The molecule has 0 atom stereocenters. The third-order valence-corrected chi connectivity index (χ3v) is 9.75. The molecular weight excluding hydrogens is 554 g/mol. The van der Waals surface area contributed by atoms with Crippen molar-refractivity contribution in [2.45, 2.75) is 57.0 Å². The van der Waals surface area contributed by atoms with Crippen LogP contribution in [0.4, 0.5) is 5.69 Å². The summed E-state index contributed by atoms with van der Waals surface area (Å²) in [5.41, 5.74) is 5.72. The molecule has 2 aliphatic rings. The number of rotatable bonds is 11. The highest BCUT2D eigenvalue weighted by molar-refractivity contribution is 5.96. The lowest BCUT2D eigenvalue weighted by atomic mass is 9.88. The number of ether oxygens (including phenoxy) is 1. The van der Waals surface area contributed by atoms with E-state index in [1.807, 2.05) is 18.2 Å². The first-order valence-electron chi connectivity index (χ1n) is 16.8. The maximum atomic E-state index is 14.2. The fraction of sp³-hybridized carbons (Fsp3) is 0.375. The molecule has 4 aromatic rings. The molecule has 6 rings (SSSR count). The van der Waals surface area contributed by atoms with Gasteiger partial charge in [0, 0.05) is 50.2 Å². The summed E-state index contributed by atoms with van der Waals surface area (Å²) in [7, 11) is 1.73. The fourth-order valence-electron chi connectivity index (χ4n) is 7.20. The Labute approximate surface area is 269 Å². The van der Waals surface area contributed by atoms with E-state index in [-0.39, 0.29) is 11.9 Å². The summed E-state index contributed by atoms with van der Waals surface area (Å²) < 4.78 is 5.83. The van der Waals surface area contributed by atoms with E-state index in [9.17, 15) is 4.79 Å². The van der Waals surface area contributed by atoms with Crippen LogP contribution in [0.3, 0.4) is 0 Å². The normalized spacial score (nSPS) is 16.1. The smallest absolute Gasteiger partial charge is 0.254 e. The van der Waals surface area contributed by atoms with Crippen molar-refractivity contribution in [3.05, 3.63) is 131 Å². The van der Waals surface area contributed by atoms with Gasteiger partial charge in [-0.15, -0.1) is 0 Å². The van der Waals surface area contributed by atoms with E-state index in [0.717, 1.165) is 69.0 Å². The van der Waals surface area contributed by atoms with Crippen LogP contribution in [-0.4, -0.2) is 61.6 Å². The number of piperazine rings is 1. The van der Waals surface area contributed by atoms with Crippen LogP contribution in [0, 0.1) is 0 Å². The van der Waals surface area contributed by atoms with Crippen LogP contribution in [-0.2, 0) is 6.54 Å². The summed E-state index contributed by atoms with van der Waals surface area (Å²) in [5.74, 6) is 1.35. The van der Waals surface area contributed by atoms with E-state index in [4.69, 9.17) is 4.74 Å². The first-order chi connectivity index (χ1) is 22.2. The second-order valence-corrected chi connectivity index (χ2v) is 12.6. The van der Waals surface area contributed by atoms with Gasteiger partial charge in [0.2, 0.25) is 0 Å². The predicted molar refractivity (Wildman–Crippen MR) is 184 cm³/mol. The Balaban J connectivity index is 1.14. The summed E-state index contributed by atoms with van der Waals surface area (Å²) in [6.07, 6.45) is 6.90. The molecule has 0 radical (unpaired) electrons. The molecule has 1 aliphatic heterocycles. The van der Waals surface area contributed by atoms with Gasteiger partial charge in [-0.25, -0.2) is 0 Å². The number of hydrogen-bond donors (Lipinski definition) is 0. The molecule has 0 aromatic heterocycles. The van der Waals surface area contributed by atoms with Crippen LogP contribution in [0.15, 0.2) is 109 Å². The number of anilines is 1. The van der Waals surface area contributed by atoms with Gasteiger partial charge in [0.05, 0.1) is 12.8 Å². The molecule has 4 aromatic carbocycles. The molecule has 0 bridgehead atoms. The monoisotopic (exact) mass is 601 g/mol. The molecule has 234 valence electrons. The highest BCUT2D eigenvalue weighted by Gasteiger charge is 2.28. The quantitative estimate of drug-likeness (QED) is 0.174. The predicted octanol–water partition coefficient (Wildman–Crippen LogP) is 8.01. The molecular formula is C40H47N3O2. The average molecular weight is 602 g/mol. The van der Waals surface area contributed by atoms with Crippen LogP contribution >= 0.6 is 0 Å². The Morgan fingerprint density at radius 2 is 1.38 bits per heavy atom. The number of nitrogens with zero attached hydrogens (tertiary/aromatic N) is 3. The lowest BCUT2D eigenvalue weighted by Gasteiger charge is -2.38. The zero-order valence-electron chi connectivity index (χ0n) is 26.7. The fourth-order valence-corrected chi connectivity index (χ4v) is 7.20. The van der Waals surface area contributed by atoms with Crippen molar-refractivity contribution < 1.29 is 9.53 Å². The van der Waals surface area contributed by atoms with Crippen LogP contribution in [0.1, 0.15) is 71.5 Å². The molecule has 0 unspecified atom stereocenters. The summed E-state index contributed by atoms with van der Waals surface area (Å²) in [6, 6.07) is 38.5. The number of carbonyl (C=O) groups excluding carboxylic acids is 1. The van der Waals surface area contributed by atoms with Gasteiger partial charge < -0.3 is 14.5 Å². The van der Waals surface area contributed by atoms with Crippen molar-refractivity contribution in [3.63, 3.8) is 0 Å². The minimum Gasteiger partial charge on any atom is -0.495 e. The molecule has 5 heteroatoms. The van der Waals surface area contributed by atoms with Gasteiger partial charge >= 0.3 is 0 Å². The Morgan fingerprint density at radius 3 is 1.98 bits per heavy atom. The van der Waals surface area contributed by atoms with E-state index < -0.39 is 0 Å². The number of amides is 1. The minimum atomic E-state index is 0.126. The Bertz CT molecular complexity index is 1440. The highest BCUT2D eigenvalue weighted by Crippen LogP contribution is 2.33. The average Bonchev–Trinajstić information content (AvgIpc) is 3.12. The third kappa shape index (κ3) is 7.77.